The lowest BCUT2D eigenvalue weighted by Crippen LogP contribution is -2.41. The Hall–Kier alpha value is -2.54. The second-order valence-electron chi connectivity index (χ2n) is 4.97. The summed E-state index contributed by atoms with van der Waals surface area (Å²) in [6.45, 7) is 1.80. The number of amides is 1. The number of thiophene rings is 1. The molecule has 0 spiro atoms. The van der Waals surface area contributed by atoms with Gasteiger partial charge in [0.25, 0.3) is 5.91 Å². The van der Waals surface area contributed by atoms with Gasteiger partial charge in [0.2, 0.25) is 0 Å². The Morgan fingerprint density at radius 2 is 2.04 bits per heavy atom. The number of hydrogen-bond donors (Lipinski definition) is 3. The highest BCUT2D eigenvalue weighted by Crippen LogP contribution is 2.12. The molecule has 0 radical (unpaired) electrons. The topological polar surface area (TPSA) is 74.8 Å². The zero-order valence-corrected chi connectivity index (χ0v) is 14.7. The van der Waals surface area contributed by atoms with Crippen LogP contribution < -0.4 is 20.7 Å². The number of carbonyl (C=O) groups is 1. The minimum absolute atomic E-state index is 0.128. The molecule has 0 unspecified atom stereocenters. The van der Waals surface area contributed by atoms with Crippen molar-refractivity contribution in [2.24, 2.45) is 4.99 Å². The summed E-state index contributed by atoms with van der Waals surface area (Å²) in [4.78, 5) is 16.2. The van der Waals surface area contributed by atoms with E-state index in [1.54, 1.807) is 43.7 Å². The summed E-state index contributed by atoms with van der Waals surface area (Å²) in [5.74, 6) is 1.24. The Bertz CT molecular complexity index is 671. The average Bonchev–Trinajstić information content (AvgIpc) is 3.14. The third-order valence-electron chi connectivity index (χ3n) is 3.30. The molecule has 0 aliphatic carbocycles. The zero-order valence-electron chi connectivity index (χ0n) is 13.8. The van der Waals surface area contributed by atoms with E-state index in [4.69, 9.17) is 4.74 Å². The number of ether oxygens (including phenoxy) is 1. The maximum atomic E-state index is 12.1. The van der Waals surface area contributed by atoms with Gasteiger partial charge in [-0.2, -0.15) is 11.3 Å². The molecule has 1 aromatic heterocycles. The van der Waals surface area contributed by atoms with Crippen LogP contribution in [-0.4, -0.2) is 39.1 Å². The van der Waals surface area contributed by atoms with Crippen molar-refractivity contribution >= 4 is 23.2 Å². The second kappa shape index (κ2) is 9.57. The number of hydrogen-bond acceptors (Lipinski definition) is 4. The standard InChI is InChI=1S/C17H22N4O2S/c1-18-17(21-11-13-6-9-24-12-13)20-8-7-19-16(22)14-4-3-5-15(10-14)23-2/h3-6,9-10,12H,7-8,11H2,1-2H3,(H,19,22)(H2,18,20,21). The predicted octanol–water partition coefficient (Wildman–Crippen LogP) is 1.85. The molecule has 2 aromatic rings. The zero-order chi connectivity index (χ0) is 17.2. The molecule has 1 heterocycles. The fourth-order valence-corrected chi connectivity index (χ4v) is 2.69. The van der Waals surface area contributed by atoms with Crippen LogP contribution in [0.1, 0.15) is 15.9 Å². The van der Waals surface area contributed by atoms with Crippen LogP contribution >= 0.6 is 11.3 Å². The molecule has 0 fully saturated rings. The van der Waals surface area contributed by atoms with E-state index in [9.17, 15) is 4.79 Å². The van der Waals surface area contributed by atoms with Gasteiger partial charge >= 0.3 is 0 Å². The number of nitrogens with zero attached hydrogens (tertiary/aromatic N) is 1. The molecule has 1 aromatic carbocycles. The van der Waals surface area contributed by atoms with Crippen LogP contribution in [0.4, 0.5) is 0 Å². The molecule has 0 saturated heterocycles. The predicted molar refractivity (Wildman–Crippen MR) is 97.8 cm³/mol. The van der Waals surface area contributed by atoms with Crippen LogP contribution in [0.2, 0.25) is 0 Å². The molecule has 24 heavy (non-hydrogen) atoms. The van der Waals surface area contributed by atoms with E-state index < -0.39 is 0 Å². The van der Waals surface area contributed by atoms with Crippen molar-refractivity contribution in [2.45, 2.75) is 6.54 Å². The Kier molecular flexibility index (Phi) is 7.10. The van der Waals surface area contributed by atoms with Gasteiger partial charge in [0, 0.05) is 32.2 Å². The Labute approximate surface area is 146 Å². The van der Waals surface area contributed by atoms with Gasteiger partial charge < -0.3 is 20.7 Å². The number of aliphatic imine (C=N–C) groups is 1. The van der Waals surface area contributed by atoms with Crippen LogP contribution in [0.5, 0.6) is 5.75 Å². The van der Waals surface area contributed by atoms with Crippen LogP contribution in [-0.2, 0) is 6.54 Å². The molecule has 0 bridgehead atoms. The first kappa shape index (κ1) is 17.8. The van der Waals surface area contributed by atoms with Crippen molar-refractivity contribution in [3.8, 4) is 5.75 Å². The molecule has 2 rings (SSSR count). The molecule has 0 saturated carbocycles. The Morgan fingerprint density at radius 3 is 2.75 bits per heavy atom. The monoisotopic (exact) mass is 346 g/mol. The maximum Gasteiger partial charge on any atom is 0.251 e. The van der Waals surface area contributed by atoms with E-state index in [1.807, 2.05) is 11.4 Å². The molecule has 1 amide bonds. The summed E-state index contributed by atoms with van der Waals surface area (Å²) in [7, 11) is 3.30. The van der Waals surface area contributed by atoms with E-state index >= 15 is 0 Å². The highest BCUT2D eigenvalue weighted by Gasteiger charge is 2.06. The van der Waals surface area contributed by atoms with E-state index in [0.717, 1.165) is 6.54 Å². The fourth-order valence-electron chi connectivity index (χ4n) is 2.02. The molecule has 0 aliphatic heterocycles. The van der Waals surface area contributed by atoms with Crippen LogP contribution in [0, 0.1) is 0 Å². The average molecular weight is 346 g/mol. The van der Waals surface area contributed by atoms with Gasteiger partial charge in [0.05, 0.1) is 7.11 Å². The highest BCUT2D eigenvalue weighted by molar-refractivity contribution is 7.07. The van der Waals surface area contributed by atoms with Gasteiger partial charge in [-0.05, 0) is 40.6 Å². The van der Waals surface area contributed by atoms with Crippen molar-refractivity contribution in [3.05, 3.63) is 52.2 Å². The summed E-state index contributed by atoms with van der Waals surface area (Å²) < 4.78 is 5.12. The molecule has 6 nitrogen and oxygen atoms in total. The molecular formula is C17H22N4O2S. The second-order valence-corrected chi connectivity index (χ2v) is 5.75. The minimum atomic E-state index is -0.128. The lowest BCUT2D eigenvalue weighted by Gasteiger charge is -2.12. The van der Waals surface area contributed by atoms with Crippen LogP contribution in [0.25, 0.3) is 0 Å². The normalized spacial score (nSPS) is 11.0. The minimum Gasteiger partial charge on any atom is -0.497 e. The first-order valence-corrected chi connectivity index (χ1v) is 8.55. The largest absolute Gasteiger partial charge is 0.497 e. The Balaban J connectivity index is 1.70. The molecule has 0 atom stereocenters. The number of guanidine groups is 1. The number of benzene rings is 1. The van der Waals surface area contributed by atoms with Gasteiger partial charge in [-0.3, -0.25) is 9.79 Å². The van der Waals surface area contributed by atoms with Crippen LogP contribution in [0.3, 0.4) is 0 Å². The highest BCUT2D eigenvalue weighted by atomic mass is 32.1. The third-order valence-corrected chi connectivity index (χ3v) is 4.03. The Morgan fingerprint density at radius 1 is 1.21 bits per heavy atom. The smallest absolute Gasteiger partial charge is 0.251 e. The molecule has 7 heteroatoms. The number of carbonyl (C=O) groups excluding carboxylic acids is 1. The molecule has 3 N–H and O–H groups in total. The third kappa shape index (κ3) is 5.58. The van der Waals surface area contributed by atoms with Crippen molar-refractivity contribution in [1.29, 1.82) is 0 Å². The molecular weight excluding hydrogens is 324 g/mol. The van der Waals surface area contributed by atoms with Crippen LogP contribution in [0.15, 0.2) is 46.1 Å². The molecule has 0 aliphatic rings. The summed E-state index contributed by atoms with van der Waals surface area (Å²) in [6.07, 6.45) is 0. The summed E-state index contributed by atoms with van der Waals surface area (Å²) >= 11 is 1.67. The summed E-state index contributed by atoms with van der Waals surface area (Å²) in [5.41, 5.74) is 1.79. The van der Waals surface area contributed by atoms with E-state index in [-0.39, 0.29) is 5.91 Å². The van der Waals surface area contributed by atoms with Gasteiger partial charge in [0.1, 0.15) is 5.75 Å². The van der Waals surface area contributed by atoms with Crippen molar-refractivity contribution in [1.82, 2.24) is 16.0 Å². The van der Waals surface area contributed by atoms with E-state index in [2.05, 4.69) is 32.4 Å². The van der Waals surface area contributed by atoms with Gasteiger partial charge in [-0.1, -0.05) is 6.07 Å². The first-order chi connectivity index (χ1) is 11.7. The first-order valence-electron chi connectivity index (χ1n) is 7.60. The van der Waals surface area contributed by atoms with Gasteiger partial charge in [-0.15, -0.1) is 0 Å². The summed E-state index contributed by atoms with van der Waals surface area (Å²) in [5, 5.41) is 13.4. The molecule has 128 valence electrons. The van der Waals surface area contributed by atoms with Gasteiger partial charge in [0.15, 0.2) is 5.96 Å². The number of methoxy groups -OCH3 is 1. The number of nitrogens with one attached hydrogen (secondary N) is 3. The quantitative estimate of drug-likeness (QED) is 0.406. The lowest BCUT2D eigenvalue weighted by atomic mass is 10.2. The number of rotatable bonds is 7. The van der Waals surface area contributed by atoms with Crippen molar-refractivity contribution < 1.29 is 9.53 Å². The fraction of sp³-hybridized carbons (Fsp3) is 0.294. The maximum absolute atomic E-state index is 12.1. The van der Waals surface area contributed by atoms with Crippen molar-refractivity contribution in [3.63, 3.8) is 0 Å². The SMILES string of the molecule is CN=C(NCCNC(=O)c1cccc(OC)c1)NCc1ccsc1. The van der Waals surface area contributed by atoms with E-state index in [0.29, 0.717) is 30.4 Å². The van der Waals surface area contributed by atoms with Gasteiger partial charge in [-0.25, -0.2) is 0 Å². The summed E-state index contributed by atoms with van der Waals surface area (Å²) in [6, 6.07) is 9.14. The van der Waals surface area contributed by atoms with E-state index in [1.165, 1.54) is 5.56 Å². The van der Waals surface area contributed by atoms with Crippen molar-refractivity contribution in [2.75, 3.05) is 27.2 Å². The lowest BCUT2D eigenvalue weighted by molar-refractivity contribution is 0.0954.